The Labute approximate surface area is 177 Å². The van der Waals surface area contributed by atoms with Crippen LogP contribution in [-0.2, 0) is 33.3 Å². The van der Waals surface area contributed by atoms with Crippen LogP contribution in [0.2, 0.25) is 0 Å². The molecule has 0 aliphatic carbocycles. The Balaban J connectivity index is 2.04. The average Bonchev–Trinajstić information content (AvgIpc) is 3.15. The van der Waals surface area contributed by atoms with E-state index in [0.29, 0.717) is 5.52 Å². The first kappa shape index (κ1) is 21.3. The first-order chi connectivity index (χ1) is 13.7. The van der Waals surface area contributed by atoms with E-state index in [1.165, 1.54) is 31.7 Å². The van der Waals surface area contributed by atoms with E-state index in [4.69, 9.17) is 18.9 Å². The molecule has 1 aliphatic heterocycles. The molecule has 3 heterocycles. The van der Waals surface area contributed by atoms with Crippen LogP contribution < -0.4 is 0 Å². The van der Waals surface area contributed by atoms with E-state index in [-0.39, 0.29) is 16.0 Å². The van der Waals surface area contributed by atoms with Gasteiger partial charge in [-0.25, -0.2) is 4.98 Å². The van der Waals surface area contributed by atoms with Gasteiger partial charge in [-0.15, -0.1) is 0 Å². The minimum absolute atomic E-state index is 0.0961. The summed E-state index contributed by atoms with van der Waals surface area (Å²) in [6, 6.07) is 0. The number of ether oxygens (including phenoxy) is 4. The second-order valence-corrected chi connectivity index (χ2v) is 7.15. The summed E-state index contributed by atoms with van der Waals surface area (Å²) < 4.78 is 36.9. The Morgan fingerprint density at radius 3 is 2.41 bits per heavy atom. The largest absolute Gasteiger partial charge is 0.463 e. The van der Waals surface area contributed by atoms with Crippen molar-refractivity contribution in [3.05, 3.63) is 16.1 Å². The maximum Gasteiger partial charge on any atom is 0.311 e. The van der Waals surface area contributed by atoms with Crippen molar-refractivity contribution in [3.8, 4) is 0 Å². The number of halogens is 2. The molecule has 1 aliphatic rings. The highest BCUT2D eigenvalue weighted by Gasteiger charge is 2.51. The molecule has 0 spiro atoms. The maximum atomic E-state index is 13.8. The molecule has 0 N–H and O–H groups in total. The van der Waals surface area contributed by atoms with Gasteiger partial charge in [0.15, 0.2) is 24.1 Å². The Morgan fingerprint density at radius 2 is 1.79 bits per heavy atom. The van der Waals surface area contributed by atoms with Crippen molar-refractivity contribution in [1.82, 2.24) is 19.5 Å². The first-order valence-corrected chi connectivity index (χ1v) is 9.44. The lowest BCUT2D eigenvalue weighted by atomic mass is 10.1. The highest BCUT2D eigenvalue weighted by atomic mass is 127. The van der Waals surface area contributed by atoms with Crippen LogP contribution in [0.25, 0.3) is 11.2 Å². The zero-order chi connectivity index (χ0) is 21.3. The molecule has 2 aromatic heterocycles. The Bertz CT molecular complexity index is 968. The number of hydrogen-bond donors (Lipinski definition) is 0. The third kappa shape index (κ3) is 4.60. The highest BCUT2D eigenvalue weighted by Crippen LogP contribution is 2.36. The molecule has 4 atom stereocenters. The Hall–Kier alpha value is -2.42. The number of imidazole rings is 1. The fourth-order valence-electron chi connectivity index (χ4n) is 2.96. The third-order valence-corrected chi connectivity index (χ3v) is 4.72. The van der Waals surface area contributed by atoms with E-state index >= 15 is 0 Å². The summed E-state index contributed by atoms with van der Waals surface area (Å²) in [5.41, 5.74) is 0.406. The highest BCUT2D eigenvalue weighted by molar-refractivity contribution is 14.1. The average molecular weight is 522 g/mol. The number of nitrogens with zero attached hydrogens (tertiary/aromatic N) is 4. The molecule has 0 unspecified atom stereocenters. The van der Waals surface area contributed by atoms with Gasteiger partial charge in [-0.2, -0.15) is 14.4 Å². The standard InChI is InChI=1S/C16H16FIN4O7/c1-6(23)26-4-9-11(27-7(2)24)12(28-8(3)25)15(29-9)22-5-19-10-13(18)20-16(17)21-14(10)22/h5,9,11-12,15H,4H2,1-3H3/t9-,11-,12-,15-/m1/s1. The van der Waals surface area contributed by atoms with Gasteiger partial charge < -0.3 is 18.9 Å². The summed E-state index contributed by atoms with van der Waals surface area (Å²) in [4.78, 5) is 46.0. The van der Waals surface area contributed by atoms with E-state index in [2.05, 4.69) is 15.0 Å². The van der Waals surface area contributed by atoms with Crippen LogP contribution in [0.3, 0.4) is 0 Å². The molecule has 1 saturated heterocycles. The number of esters is 3. The molecule has 3 rings (SSSR count). The minimum Gasteiger partial charge on any atom is -0.463 e. The number of fused-ring (bicyclic) bond motifs is 1. The van der Waals surface area contributed by atoms with Gasteiger partial charge in [-0.3, -0.25) is 19.0 Å². The van der Waals surface area contributed by atoms with Crippen molar-refractivity contribution in [1.29, 1.82) is 0 Å². The molecule has 0 aromatic carbocycles. The lowest BCUT2D eigenvalue weighted by Gasteiger charge is -2.23. The smallest absolute Gasteiger partial charge is 0.311 e. The zero-order valence-corrected chi connectivity index (χ0v) is 17.7. The van der Waals surface area contributed by atoms with Crippen LogP contribution in [0.1, 0.15) is 27.0 Å². The van der Waals surface area contributed by atoms with Crippen molar-refractivity contribution in [2.45, 2.75) is 45.3 Å². The van der Waals surface area contributed by atoms with Crippen LogP contribution in [-0.4, -0.2) is 62.3 Å². The fourth-order valence-corrected chi connectivity index (χ4v) is 3.54. The van der Waals surface area contributed by atoms with Gasteiger partial charge in [0.05, 0.1) is 6.33 Å². The molecule has 0 radical (unpaired) electrons. The van der Waals surface area contributed by atoms with Crippen molar-refractivity contribution in [3.63, 3.8) is 0 Å². The monoisotopic (exact) mass is 522 g/mol. The predicted molar refractivity (Wildman–Crippen MR) is 99.6 cm³/mol. The van der Waals surface area contributed by atoms with Crippen LogP contribution in [0.15, 0.2) is 6.33 Å². The SMILES string of the molecule is CC(=O)OC[C@H]1O[C@@H](n2cnc3c(I)nc(F)nc32)[C@H](OC(C)=O)[C@@H]1OC(C)=O. The number of aromatic nitrogens is 4. The molecule has 11 nitrogen and oxygen atoms in total. The minimum atomic E-state index is -1.12. The predicted octanol–water partition coefficient (Wildman–Crippen LogP) is 0.894. The fraction of sp³-hybridized carbons (Fsp3) is 0.500. The summed E-state index contributed by atoms with van der Waals surface area (Å²) in [5, 5.41) is 0. The normalized spacial score (nSPS) is 23.8. The third-order valence-electron chi connectivity index (χ3n) is 3.97. The van der Waals surface area contributed by atoms with E-state index in [1.54, 1.807) is 0 Å². The van der Waals surface area contributed by atoms with Gasteiger partial charge in [0.2, 0.25) is 0 Å². The molecule has 2 aromatic rings. The molecular weight excluding hydrogens is 506 g/mol. The molecule has 156 valence electrons. The Kier molecular flexibility index (Phi) is 6.26. The molecule has 13 heteroatoms. The zero-order valence-electron chi connectivity index (χ0n) is 15.5. The summed E-state index contributed by atoms with van der Waals surface area (Å²) in [6.07, 6.45) is -3.87. The van der Waals surface area contributed by atoms with E-state index in [0.717, 1.165) is 0 Å². The second kappa shape index (κ2) is 8.52. The van der Waals surface area contributed by atoms with Crippen molar-refractivity contribution < 1.29 is 37.7 Å². The topological polar surface area (TPSA) is 132 Å². The maximum absolute atomic E-state index is 13.8. The van der Waals surface area contributed by atoms with E-state index in [9.17, 15) is 18.8 Å². The van der Waals surface area contributed by atoms with Crippen molar-refractivity contribution in [2.24, 2.45) is 0 Å². The van der Waals surface area contributed by atoms with Crippen LogP contribution >= 0.6 is 22.6 Å². The molecule has 0 bridgehead atoms. The molecule has 0 saturated carbocycles. The summed E-state index contributed by atoms with van der Waals surface area (Å²) >= 11 is 1.81. The van der Waals surface area contributed by atoms with Gasteiger partial charge in [-0.05, 0) is 22.6 Å². The van der Waals surface area contributed by atoms with E-state index in [1.807, 2.05) is 22.6 Å². The molecule has 1 fully saturated rings. The van der Waals surface area contributed by atoms with Gasteiger partial charge in [0.1, 0.15) is 21.9 Å². The van der Waals surface area contributed by atoms with Crippen molar-refractivity contribution in [2.75, 3.05) is 6.61 Å². The summed E-state index contributed by atoms with van der Waals surface area (Å²) in [6.45, 7) is 3.31. The number of carbonyl (C=O) groups is 3. The summed E-state index contributed by atoms with van der Waals surface area (Å²) in [7, 11) is 0. The number of hydrogen-bond acceptors (Lipinski definition) is 10. The van der Waals surface area contributed by atoms with E-state index < -0.39 is 48.5 Å². The summed E-state index contributed by atoms with van der Waals surface area (Å²) in [5.74, 6) is -1.88. The Morgan fingerprint density at radius 1 is 1.14 bits per heavy atom. The van der Waals surface area contributed by atoms with Crippen LogP contribution in [0.4, 0.5) is 4.39 Å². The van der Waals surface area contributed by atoms with Crippen molar-refractivity contribution >= 4 is 51.7 Å². The van der Waals surface area contributed by atoms with Crippen LogP contribution in [0.5, 0.6) is 0 Å². The molecular formula is C16H16FIN4O7. The number of carbonyl (C=O) groups excluding carboxylic acids is 3. The first-order valence-electron chi connectivity index (χ1n) is 8.36. The van der Waals surface area contributed by atoms with Gasteiger partial charge in [-0.1, -0.05) is 0 Å². The number of rotatable bonds is 5. The van der Waals surface area contributed by atoms with Gasteiger partial charge >= 0.3 is 24.0 Å². The lowest BCUT2D eigenvalue weighted by molar-refractivity contribution is -0.166. The molecule has 0 amide bonds. The second-order valence-electron chi connectivity index (χ2n) is 6.12. The quantitative estimate of drug-likeness (QED) is 0.184. The molecule has 29 heavy (non-hydrogen) atoms. The van der Waals surface area contributed by atoms with Gasteiger partial charge in [0, 0.05) is 20.8 Å². The van der Waals surface area contributed by atoms with Gasteiger partial charge in [0.25, 0.3) is 0 Å². The van der Waals surface area contributed by atoms with Crippen LogP contribution in [0, 0.1) is 9.78 Å². The lowest BCUT2D eigenvalue weighted by Crippen LogP contribution is -2.40.